The second-order valence-corrected chi connectivity index (χ2v) is 5.40. The average molecular weight is 232 g/mol. The van der Waals surface area contributed by atoms with Gasteiger partial charge in [0.25, 0.3) is 0 Å². The molecule has 0 N–H and O–H groups in total. The Labute approximate surface area is 92.6 Å². The fraction of sp³-hybridized carbons (Fsp3) is 0.700. The summed E-state index contributed by atoms with van der Waals surface area (Å²) in [5, 5.41) is -0.229. The number of allylic oxidation sites excluding steroid dienone is 1. The standard InChI is InChI=1S/C10H20O4Si/c1-6-12-15(13-7-2,14-8-3)10(11)9(4)5/h4,6-8H2,1-3,5H3. The highest BCUT2D eigenvalue weighted by Gasteiger charge is 2.49. The van der Waals surface area contributed by atoms with Crippen molar-refractivity contribution in [3.63, 3.8) is 0 Å². The van der Waals surface area contributed by atoms with Gasteiger partial charge in [-0.05, 0) is 33.3 Å². The van der Waals surface area contributed by atoms with Gasteiger partial charge in [0.2, 0.25) is 5.41 Å². The number of rotatable bonds is 8. The first-order valence-corrected chi connectivity index (χ1v) is 6.88. The molecule has 0 atom stereocenters. The summed E-state index contributed by atoms with van der Waals surface area (Å²) in [5.41, 5.74) is 0.414. The fourth-order valence-corrected chi connectivity index (χ4v) is 3.46. The summed E-state index contributed by atoms with van der Waals surface area (Å²) in [6.07, 6.45) is 0. The van der Waals surface area contributed by atoms with Crippen LogP contribution >= 0.6 is 0 Å². The molecule has 0 aliphatic rings. The number of carbonyl (C=O) groups excluding carboxylic acids is 1. The van der Waals surface area contributed by atoms with Crippen LogP contribution < -0.4 is 0 Å². The van der Waals surface area contributed by atoms with Crippen LogP contribution in [0, 0.1) is 0 Å². The van der Waals surface area contributed by atoms with Crippen LogP contribution in [0.4, 0.5) is 0 Å². The lowest BCUT2D eigenvalue weighted by Gasteiger charge is -2.26. The molecule has 5 heteroatoms. The smallest absolute Gasteiger partial charge is 0.368 e. The van der Waals surface area contributed by atoms with Crippen molar-refractivity contribution in [3.8, 4) is 0 Å². The lowest BCUT2D eigenvalue weighted by Crippen LogP contribution is -2.54. The van der Waals surface area contributed by atoms with E-state index in [1.165, 1.54) is 0 Å². The Morgan fingerprint density at radius 1 is 1.07 bits per heavy atom. The first-order chi connectivity index (χ1) is 7.04. The SMILES string of the molecule is C=C(C)C(=O)[Si](OCC)(OCC)OCC. The summed E-state index contributed by atoms with van der Waals surface area (Å²) in [6.45, 7) is 11.9. The second-order valence-electron chi connectivity index (χ2n) is 2.96. The number of hydrogen-bond acceptors (Lipinski definition) is 4. The molecule has 0 spiro atoms. The molecule has 0 aromatic heterocycles. The van der Waals surface area contributed by atoms with E-state index in [4.69, 9.17) is 13.3 Å². The highest BCUT2D eigenvalue weighted by atomic mass is 28.4. The predicted octanol–water partition coefficient (Wildman–Crippen LogP) is 1.72. The maximum Gasteiger partial charge on any atom is 0.579 e. The van der Waals surface area contributed by atoms with Crippen molar-refractivity contribution in [1.29, 1.82) is 0 Å². The normalized spacial score (nSPS) is 11.5. The molecule has 4 nitrogen and oxygen atoms in total. The molecule has 0 heterocycles. The minimum absolute atomic E-state index is 0.229. The minimum atomic E-state index is -3.20. The van der Waals surface area contributed by atoms with Gasteiger partial charge < -0.3 is 13.3 Å². The van der Waals surface area contributed by atoms with Gasteiger partial charge in [-0.3, -0.25) is 4.79 Å². The Balaban J connectivity index is 4.90. The van der Waals surface area contributed by atoms with Gasteiger partial charge in [-0.2, -0.15) is 0 Å². The second kappa shape index (κ2) is 6.89. The first kappa shape index (κ1) is 14.5. The molecule has 0 saturated carbocycles. The minimum Gasteiger partial charge on any atom is -0.368 e. The van der Waals surface area contributed by atoms with E-state index < -0.39 is 8.80 Å². The van der Waals surface area contributed by atoms with Gasteiger partial charge in [-0.15, -0.1) is 0 Å². The van der Waals surface area contributed by atoms with Gasteiger partial charge in [-0.1, -0.05) is 6.58 Å². The van der Waals surface area contributed by atoms with Gasteiger partial charge in [0, 0.05) is 19.8 Å². The molecule has 0 bridgehead atoms. The van der Waals surface area contributed by atoms with Crippen molar-refractivity contribution in [2.24, 2.45) is 0 Å². The van der Waals surface area contributed by atoms with Crippen LogP contribution in [-0.4, -0.2) is 34.0 Å². The summed E-state index contributed by atoms with van der Waals surface area (Å²) in [4.78, 5) is 11.9. The summed E-state index contributed by atoms with van der Waals surface area (Å²) in [6, 6.07) is 0. The first-order valence-electron chi connectivity index (χ1n) is 5.16. The van der Waals surface area contributed by atoms with E-state index in [2.05, 4.69) is 6.58 Å². The Hall–Kier alpha value is -0.493. The third-order valence-corrected chi connectivity index (χ3v) is 4.66. The van der Waals surface area contributed by atoms with E-state index in [1.807, 2.05) is 20.8 Å². The van der Waals surface area contributed by atoms with Crippen molar-refractivity contribution in [3.05, 3.63) is 12.2 Å². The van der Waals surface area contributed by atoms with Gasteiger partial charge in [0.05, 0.1) is 0 Å². The van der Waals surface area contributed by atoms with E-state index >= 15 is 0 Å². The Kier molecular flexibility index (Phi) is 6.67. The largest absolute Gasteiger partial charge is 0.579 e. The monoisotopic (exact) mass is 232 g/mol. The molecule has 0 rings (SSSR count). The van der Waals surface area contributed by atoms with E-state index in [-0.39, 0.29) is 5.41 Å². The summed E-state index contributed by atoms with van der Waals surface area (Å²) < 4.78 is 16.3. The van der Waals surface area contributed by atoms with Gasteiger partial charge in [-0.25, -0.2) is 0 Å². The summed E-state index contributed by atoms with van der Waals surface area (Å²) in [7, 11) is -3.20. The Morgan fingerprint density at radius 3 is 1.60 bits per heavy atom. The third-order valence-electron chi connectivity index (χ3n) is 1.67. The summed E-state index contributed by atoms with van der Waals surface area (Å²) >= 11 is 0. The zero-order chi connectivity index (χ0) is 11.9. The molecule has 15 heavy (non-hydrogen) atoms. The molecule has 0 aliphatic heterocycles. The molecular weight excluding hydrogens is 212 g/mol. The number of carbonyl (C=O) groups is 1. The van der Waals surface area contributed by atoms with Crippen LogP contribution in [0.3, 0.4) is 0 Å². The van der Waals surface area contributed by atoms with Crippen LogP contribution in [0.2, 0.25) is 0 Å². The lowest BCUT2D eigenvalue weighted by atomic mass is 10.4. The van der Waals surface area contributed by atoms with Crippen molar-refractivity contribution in [2.45, 2.75) is 27.7 Å². The topological polar surface area (TPSA) is 44.8 Å². The van der Waals surface area contributed by atoms with Gasteiger partial charge in [0.15, 0.2) is 0 Å². The van der Waals surface area contributed by atoms with Crippen LogP contribution in [0.15, 0.2) is 12.2 Å². The zero-order valence-corrected chi connectivity index (χ0v) is 11.0. The molecule has 0 aromatic rings. The fourth-order valence-electron chi connectivity index (χ4n) is 1.15. The Morgan fingerprint density at radius 2 is 1.40 bits per heavy atom. The molecule has 0 saturated heterocycles. The highest BCUT2D eigenvalue weighted by Crippen LogP contribution is 2.15. The Bertz CT molecular complexity index is 210. The summed E-state index contributed by atoms with van der Waals surface area (Å²) in [5.74, 6) is 0. The third kappa shape index (κ3) is 3.87. The van der Waals surface area contributed by atoms with Crippen molar-refractivity contribution < 1.29 is 18.1 Å². The molecule has 0 amide bonds. The van der Waals surface area contributed by atoms with E-state index in [1.54, 1.807) is 6.92 Å². The quantitative estimate of drug-likeness (QED) is 0.472. The van der Waals surface area contributed by atoms with E-state index in [0.717, 1.165) is 0 Å². The number of hydrogen-bond donors (Lipinski definition) is 0. The van der Waals surface area contributed by atoms with Crippen LogP contribution in [0.25, 0.3) is 0 Å². The van der Waals surface area contributed by atoms with Crippen LogP contribution in [-0.2, 0) is 18.1 Å². The van der Waals surface area contributed by atoms with E-state index in [0.29, 0.717) is 25.4 Å². The molecule has 88 valence electrons. The van der Waals surface area contributed by atoms with Gasteiger partial charge in [0.1, 0.15) is 0 Å². The maximum absolute atomic E-state index is 11.9. The van der Waals surface area contributed by atoms with Crippen molar-refractivity contribution in [2.75, 3.05) is 19.8 Å². The highest BCUT2D eigenvalue weighted by molar-refractivity contribution is 6.94. The van der Waals surface area contributed by atoms with Gasteiger partial charge >= 0.3 is 8.80 Å². The molecule has 0 aromatic carbocycles. The molecule has 0 radical (unpaired) electrons. The van der Waals surface area contributed by atoms with Crippen LogP contribution in [0.5, 0.6) is 0 Å². The maximum atomic E-state index is 11.9. The molecule has 0 aliphatic carbocycles. The zero-order valence-electron chi connectivity index (χ0n) is 9.96. The molecule has 0 unspecified atom stereocenters. The van der Waals surface area contributed by atoms with Crippen LogP contribution in [0.1, 0.15) is 27.7 Å². The van der Waals surface area contributed by atoms with Crippen molar-refractivity contribution >= 4 is 14.2 Å². The average Bonchev–Trinajstić information content (AvgIpc) is 2.17. The predicted molar refractivity (Wildman–Crippen MR) is 60.5 cm³/mol. The lowest BCUT2D eigenvalue weighted by molar-refractivity contribution is -0.116. The molecule has 0 fully saturated rings. The molecular formula is C10H20O4Si. The van der Waals surface area contributed by atoms with E-state index in [9.17, 15) is 4.79 Å². The van der Waals surface area contributed by atoms with Crippen molar-refractivity contribution in [1.82, 2.24) is 0 Å².